The Bertz CT molecular complexity index is 683. The zero-order valence-electron chi connectivity index (χ0n) is 14.1. The van der Waals surface area contributed by atoms with Gasteiger partial charge >= 0.3 is 0 Å². The molecule has 0 aromatic carbocycles. The van der Waals surface area contributed by atoms with Crippen LogP contribution in [0.4, 0.5) is 0 Å². The van der Waals surface area contributed by atoms with E-state index >= 15 is 0 Å². The monoisotopic (exact) mass is 329 g/mol. The van der Waals surface area contributed by atoms with Crippen LogP contribution in [0.3, 0.4) is 0 Å². The summed E-state index contributed by atoms with van der Waals surface area (Å²) in [5.74, 6) is 0.591. The lowest BCUT2D eigenvalue weighted by atomic mass is 10.2. The van der Waals surface area contributed by atoms with E-state index in [-0.39, 0.29) is 11.9 Å². The predicted molar refractivity (Wildman–Crippen MR) is 89.8 cm³/mol. The average molecular weight is 329 g/mol. The van der Waals surface area contributed by atoms with Crippen LogP contribution in [0.1, 0.15) is 29.4 Å². The molecule has 3 rings (SSSR count). The van der Waals surface area contributed by atoms with Crippen molar-refractivity contribution in [2.24, 2.45) is 7.05 Å². The molecule has 1 aliphatic rings. The molecule has 1 fully saturated rings. The van der Waals surface area contributed by atoms with Gasteiger partial charge in [-0.1, -0.05) is 6.07 Å². The lowest BCUT2D eigenvalue weighted by Crippen LogP contribution is -2.37. The van der Waals surface area contributed by atoms with Crippen LogP contribution in [0.5, 0.6) is 5.88 Å². The highest BCUT2D eigenvalue weighted by atomic mass is 16.5. The first-order chi connectivity index (χ1) is 11.7. The number of hydrogen-bond donors (Lipinski definition) is 1. The predicted octanol–water partition coefficient (Wildman–Crippen LogP) is 1.22. The summed E-state index contributed by atoms with van der Waals surface area (Å²) >= 11 is 0. The Morgan fingerprint density at radius 1 is 1.42 bits per heavy atom. The fourth-order valence-corrected chi connectivity index (χ4v) is 2.95. The number of aromatic nitrogens is 3. The van der Waals surface area contributed by atoms with Gasteiger partial charge in [0.05, 0.1) is 6.61 Å². The van der Waals surface area contributed by atoms with Crippen molar-refractivity contribution in [2.45, 2.75) is 25.9 Å². The summed E-state index contributed by atoms with van der Waals surface area (Å²) in [7, 11) is 1.77. The van der Waals surface area contributed by atoms with Gasteiger partial charge in [0, 0.05) is 51.2 Å². The molecule has 0 unspecified atom stereocenters. The first-order valence-electron chi connectivity index (χ1n) is 8.24. The van der Waals surface area contributed by atoms with E-state index in [0.717, 1.165) is 31.6 Å². The maximum Gasteiger partial charge on any atom is 0.269 e. The van der Waals surface area contributed by atoms with E-state index in [4.69, 9.17) is 4.74 Å². The number of ether oxygens (including phenoxy) is 1. The zero-order valence-corrected chi connectivity index (χ0v) is 14.1. The topological polar surface area (TPSA) is 72.3 Å². The maximum absolute atomic E-state index is 12.2. The first kappa shape index (κ1) is 16.4. The van der Waals surface area contributed by atoms with E-state index in [1.165, 1.54) is 0 Å². The fourth-order valence-electron chi connectivity index (χ4n) is 2.95. The highest BCUT2D eigenvalue weighted by molar-refractivity contribution is 5.92. The minimum Gasteiger partial charge on any atom is -0.478 e. The van der Waals surface area contributed by atoms with Crippen LogP contribution in [0.15, 0.2) is 30.6 Å². The van der Waals surface area contributed by atoms with Gasteiger partial charge in [-0.15, -0.1) is 0 Å². The number of carbonyl (C=O) groups is 1. The maximum atomic E-state index is 12.2. The number of nitrogens with zero attached hydrogens (tertiary/aromatic N) is 4. The molecule has 128 valence electrons. The first-order valence-corrected chi connectivity index (χ1v) is 8.24. The summed E-state index contributed by atoms with van der Waals surface area (Å²) in [6.45, 7) is 5.20. The van der Waals surface area contributed by atoms with E-state index in [1.807, 2.05) is 25.3 Å². The van der Waals surface area contributed by atoms with Gasteiger partial charge in [-0.25, -0.2) is 4.98 Å². The summed E-state index contributed by atoms with van der Waals surface area (Å²) in [4.78, 5) is 18.9. The molecule has 0 spiro atoms. The van der Waals surface area contributed by atoms with Crippen molar-refractivity contribution in [1.82, 2.24) is 25.0 Å². The smallest absolute Gasteiger partial charge is 0.269 e. The Labute approximate surface area is 141 Å². The van der Waals surface area contributed by atoms with Crippen LogP contribution in [-0.2, 0) is 13.6 Å². The second-order valence-electron chi connectivity index (χ2n) is 5.97. The lowest BCUT2D eigenvalue weighted by Gasteiger charge is -2.17. The SMILES string of the molecule is CCOc1ccc(CN2CC[C@@H](NC(=O)c3ccnn3C)C2)cn1. The van der Waals surface area contributed by atoms with E-state index in [1.54, 1.807) is 24.0 Å². The van der Waals surface area contributed by atoms with Crippen LogP contribution in [0.25, 0.3) is 0 Å². The molecular weight excluding hydrogens is 306 g/mol. The summed E-state index contributed by atoms with van der Waals surface area (Å²) in [6.07, 6.45) is 4.44. The van der Waals surface area contributed by atoms with Crippen LogP contribution >= 0.6 is 0 Å². The van der Waals surface area contributed by atoms with Crippen molar-refractivity contribution in [1.29, 1.82) is 0 Å². The van der Waals surface area contributed by atoms with E-state index in [9.17, 15) is 4.79 Å². The van der Waals surface area contributed by atoms with Crippen molar-refractivity contribution in [2.75, 3.05) is 19.7 Å². The van der Waals surface area contributed by atoms with Crippen LogP contribution in [-0.4, -0.2) is 51.3 Å². The van der Waals surface area contributed by atoms with Crippen molar-refractivity contribution < 1.29 is 9.53 Å². The third-order valence-electron chi connectivity index (χ3n) is 4.16. The zero-order chi connectivity index (χ0) is 16.9. The van der Waals surface area contributed by atoms with Crippen molar-refractivity contribution in [3.8, 4) is 5.88 Å². The number of aryl methyl sites for hydroxylation is 1. The minimum absolute atomic E-state index is 0.0652. The van der Waals surface area contributed by atoms with Gasteiger partial charge in [0.2, 0.25) is 5.88 Å². The molecule has 1 N–H and O–H groups in total. The molecule has 3 heterocycles. The van der Waals surface area contributed by atoms with Crippen molar-refractivity contribution >= 4 is 5.91 Å². The molecule has 1 atom stereocenters. The Balaban J connectivity index is 1.50. The van der Waals surface area contributed by atoms with E-state index in [2.05, 4.69) is 20.3 Å². The molecule has 1 saturated heterocycles. The number of likely N-dealkylation sites (tertiary alicyclic amines) is 1. The summed E-state index contributed by atoms with van der Waals surface area (Å²) < 4.78 is 6.95. The molecule has 7 nitrogen and oxygen atoms in total. The van der Waals surface area contributed by atoms with E-state index < -0.39 is 0 Å². The van der Waals surface area contributed by atoms with E-state index in [0.29, 0.717) is 18.2 Å². The lowest BCUT2D eigenvalue weighted by molar-refractivity contribution is 0.0928. The molecule has 0 radical (unpaired) electrons. The Morgan fingerprint density at radius 3 is 2.96 bits per heavy atom. The van der Waals surface area contributed by atoms with Crippen LogP contribution in [0, 0.1) is 0 Å². The molecule has 0 aliphatic carbocycles. The summed E-state index contributed by atoms with van der Waals surface area (Å²) in [5, 5.41) is 7.12. The third kappa shape index (κ3) is 3.91. The number of nitrogens with one attached hydrogen (secondary N) is 1. The summed E-state index contributed by atoms with van der Waals surface area (Å²) in [6, 6.07) is 5.84. The highest BCUT2D eigenvalue weighted by Crippen LogP contribution is 2.15. The molecule has 1 amide bonds. The largest absolute Gasteiger partial charge is 0.478 e. The van der Waals surface area contributed by atoms with Gasteiger partial charge in [-0.2, -0.15) is 5.10 Å². The second-order valence-corrected chi connectivity index (χ2v) is 5.97. The van der Waals surface area contributed by atoms with Crippen LogP contribution < -0.4 is 10.1 Å². The standard InChI is InChI=1S/C17H23N5O2/c1-3-24-16-5-4-13(10-18-16)11-22-9-7-14(12-22)20-17(23)15-6-8-19-21(15)2/h4-6,8,10,14H,3,7,9,11-12H2,1-2H3,(H,20,23)/t14-/m1/s1. The van der Waals surface area contributed by atoms with Gasteiger partial charge in [0.15, 0.2) is 0 Å². The summed E-state index contributed by atoms with van der Waals surface area (Å²) in [5.41, 5.74) is 1.74. The van der Waals surface area contributed by atoms with Gasteiger partial charge < -0.3 is 10.1 Å². The minimum atomic E-state index is -0.0652. The quantitative estimate of drug-likeness (QED) is 0.863. The normalized spacial score (nSPS) is 17.8. The Kier molecular flexibility index (Phi) is 5.10. The van der Waals surface area contributed by atoms with Gasteiger partial charge in [-0.05, 0) is 25.0 Å². The highest BCUT2D eigenvalue weighted by Gasteiger charge is 2.25. The van der Waals surface area contributed by atoms with Crippen molar-refractivity contribution in [3.63, 3.8) is 0 Å². The Hall–Kier alpha value is -2.41. The molecule has 24 heavy (non-hydrogen) atoms. The molecule has 0 bridgehead atoms. The molecule has 1 aliphatic heterocycles. The number of rotatable bonds is 6. The van der Waals surface area contributed by atoms with Gasteiger partial charge in [0.1, 0.15) is 5.69 Å². The molecule has 2 aromatic rings. The molecule has 2 aromatic heterocycles. The second kappa shape index (κ2) is 7.44. The third-order valence-corrected chi connectivity index (χ3v) is 4.16. The average Bonchev–Trinajstić information content (AvgIpc) is 3.18. The number of amides is 1. The number of pyridine rings is 1. The van der Waals surface area contributed by atoms with Gasteiger partial charge in [-0.3, -0.25) is 14.4 Å². The van der Waals surface area contributed by atoms with Crippen LogP contribution in [0.2, 0.25) is 0 Å². The molecule has 0 saturated carbocycles. The van der Waals surface area contributed by atoms with Gasteiger partial charge in [0.25, 0.3) is 5.91 Å². The Morgan fingerprint density at radius 2 is 2.29 bits per heavy atom. The van der Waals surface area contributed by atoms with Crippen molar-refractivity contribution in [3.05, 3.63) is 41.9 Å². The molecule has 7 heteroatoms. The number of carbonyl (C=O) groups excluding carboxylic acids is 1. The molecular formula is C17H23N5O2. The fraction of sp³-hybridized carbons (Fsp3) is 0.471. The number of hydrogen-bond acceptors (Lipinski definition) is 5.